The average molecular weight is 283 g/mol. The molecule has 6 nitrogen and oxygen atoms in total. The Kier molecular flexibility index (Phi) is 4.52. The number of rotatable bonds is 6. The lowest BCUT2D eigenvalue weighted by atomic mass is 10.3. The summed E-state index contributed by atoms with van der Waals surface area (Å²) >= 11 is 1.50. The lowest BCUT2D eigenvalue weighted by Crippen LogP contribution is -2.37. The minimum absolute atomic E-state index is 0.102. The van der Waals surface area contributed by atoms with E-state index >= 15 is 0 Å². The Balaban J connectivity index is 2.12. The van der Waals surface area contributed by atoms with Gasteiger partial charge in [0.25, 0.3) is 0 Å². The summed E-state index contributed by atoms with van der Waals surface area (Å²) in [6, 6.07) is 0. The molecule has 1 amide bonds. The molecule has 2 aromatic rings. The van der Waals surface area contributed by atoms with E-state index < -0.39 is 0 Å². The van der Waals surface area contributed by atoms with Crippen LogP contribution < -0.4 is 0 Å². The third-order valence-electron chi connectivity index (χ3n) is 2.83. The molecule has 0 saturated carbocycles. The van der Waals surface area contributed by atoms with Crippen molar-refractivity contribution in [3.05, 3.63) is 23.0 Å². The maximum absolute atomic E-state index is 12.1. The first-order valence-corrected chi connectivity index (χ1v) is 6.95. The van der Waals surface area contributed by atoms with Crippen LogP contribution in [0.3, 0.4) is 0 Å². The van der Waals surface area contributed by atoms with Gasteiger partial charge in [0.2, 0.25) is 5.91 Å². The van der Waals surface area contributed by atoms with Crippen LogP contribution in [0.1, 0.15) is 11.4 Å². The number of thiazole rings is 1. The fraction of sp³-hybridized carbons (Fsp3) is 0.500. The number of hydrogen-bond acceptors (Lipinski definition) is 5. The zero-order chi connectivity index (χ0) is 13.8. The van der Waals surface area contributed by atoms with Crippen molar-refractivity contribution in [1.29, 1.82) is 0 Å². The number of carbonyl (C=O) groups excluding carboxylic acids is 1. The minimum Gasteiger partial charge on any atom is -0.395 e. The Labute approximate surface area is 114 Å². The molecule has 19 heavy (non-hydrogen) atoms. The van der Waals surface area contributed by atoms with Gasteiger partial charge in [0.1, 0.15) is 0 Å². The Hall–Kier alpha value is -1.44. The molecule has 0 aromatic carbocycles. The molecule has 0 bridgehead atoms. The van der Waals surface area contributed by atoms with Crippen molar-refractivity contribution in [2.45, 2.75) is 13.3 Å². The Morgan fingerprint density at radius 2 is 2.11 bits per heavy atom. The van der Waals surface area contributed by atoms with Gasteiger partial charge in [-0.3, -0.25) is 9.20 Å². The first-order valence-electron chi connectivity index (χ1n) is 6.07. The summed E-state index contributed by atoms with van der Waals surface area (Å²) in [6.07, 6.45) is 2.15. The number of aliphatic hydroxyl groups is 2. The van der Waals surface area contributed by atoms with E-state index in [9.17, 15) is 4.79 Å². The summed E-state index contributed by atoms with van der Waals surface area (Å²) in [7, 11) is 0. The van der Waals surface area contributed by atoms with Crippen molar-refractivity contribution in [2.75, 3.05) is 26.3 Å². The first-order chi connectivity index (χ1) is 9.15. The zero-order valence-electron chi connectivity index (χ0n) is 10.7. The van der Waals surface area contributed by atoms with E-state index in [2.05, 4.69) is 4.98 Å². The molecule has 2 rings (SSSR count). The van der Waals surface area contributed by atoms with Gasteiger partial charge in [0.15, 0.2) is 4.96 Å². The predicted octanol–water partition coefficient (Wildman–Crippen LogP) is 0.0599. The van der Waals surface area contributed by atoms with Crippen LogP contribution in [-0.4, -0.2) is 56.7 Å². The number of hydrogen-bond donors (Lipinski definition) is 2. The number of amides is 1. The van der Waals surface area contributed by atoms with Gasteiger partial charge in [0.05, 0.1) is 25.3 Å². The van der Waals surface area contributed by atoms with E-state index in [1.165, 1.54) is 16.2 Å². The smallest absolute Gasteiger partial charge is 0.228 e. The quantitative estimate of drug-likeness (QED) is 0.786. The Morgan fingerprint density at radius 3 is 2.74 bits per heavy atom. The van der Waals surface area contributed by atoms with E-state index in [1.807, 2.05) is 22.9 Å². The summed E-state index contributed by atoms with van der Waals surface area (Å²) in [4.78, 5) is 18.8. The highest BCUT2D eigenvalue weighted by Crippen LogP contribution is 2.17. The van der Waals surface area contributed by atoms with E-state index in [-0.39, 0.29) is 38.6 Å². The molecule has 0 atom stereocenters. The van der Waals surface area contributed by atoms with Crippen LogP contribution in [0, 0.1) is 6.92 Å². The second-order valence-corrected chi connectivity index (χ2v) is 5.10. The fourth-order valence-electron chi connectivity index (χ4n) is 1.94. The number of aliphatic hydroxyl groups excluding tert-OH is 2. The number of aromatic nitrogens is 2. The normalized spacial score (nSPS) is 11.1. The average Bonchev–Trinajstić information content (AvgIpc) is 2.90. The molecular weight excluding hydrogens is 266 g/mol. The maximum atomic E-state index is 12.1. The molecule has 0 aliphatic heterocycles. The van der Waals surface area contributed by atoms with Gasteiger partial charge in [-0.25, -0.2) is 4.98 Å². The largest absolute Gasteiger partial charge is 0.395 e. The van der Waals surface area contributed by atoms with Crippen LogP contribution in [0.5, 0.6) is 0 Å². The fourth-order valence-corrected chi connectivity index (χ4v) is 2.86. The van der Waals surface area contributed by atoms with Crippen molar-refractivity contribution in [2.24, 2.45) is 0 Å². The van der Waals surface area contributed by atoms with Gasteiger partial charge in [-0.2, -0.15) is 0 Å². The van der Waals surface area contributed by atoms with Crippen molar-refractivity contribution in [3.63, 3.8) is 0 Å². The van der Waals surface area contributed by atoms with Crippen LogP contribution in [0.15, 0.2) is 11.6 Å². The van der Waals surface area contributed by atoms with E-state index in [0.717, 1.165) is 16.3 Å². The lowest BCUT2D eigenvalue weighted by Gasteiger charge is -2.20. The van der Waals surface area contributed by atoms with E-state index in [1.54, 1.807) is 0 Å². The van der Waals surface area contributed by atoms with Gasteiger partial charge >= 0.3 is 0 Å². The number of imidazole rings is 1. The number of aryl methyl sites for hydroxylation is 1. The van der Waals surface area contributed by atoms with Crippen LogP contribution >= 0.6 is 11.3 Å². The highest BCUT2D eigenvalue weighted by Gasteiger charge is 2.16. The van der Waals surface area contributed by atoms with Crippen LogP contribution in [0.2, 0.25) is 0 Å². The van der Waals surface area contributed by atoms with Gasteiger partial charge < -0.3 is 15.1 Å². The first kappa shape index (κ1) is 14.0. The predicted molar refractivity (Wildman–Crippen MR) is 72.3 cm³/mol. The topological polar surface area (TPSA) is 78.1 Å². The van der Waals surface area contributed by atoms with Crippen molar-refractivity contribution >= 4 is 22.2 Å². The Bertz CT molecular complexity index is 558. The summed E-state index contributed by atoms with van der Waals surface area (Å²) < 4.78 is 1.91. The second kappa shape index (κ2) is 6.14. The monoisotopic (exact) mass is 283 g/mol. The zero-order valence-corrected chi connectivity index (χ0v) is 11.6. The lowest BCUT2D eigenvalue weighted by molar-refractivity contribution is -0.131. The molecule has 0 aliphatic carbocycles. The highest BCUT2D eigenvalue weighted by atomic mass is 32.1. The molecule has 2 N–H and O–H groups in total. The molecule has 2 aromatic heterocycles. The van der Waals surface area contributed by atoms with Crippen LogP contribution in [0.4, 0.5) is 0 Å². The molecule has 0 unspecified atom stereocenters. The summed E-state index contributed by atoms with van der Waals surface area (Å²) in [5.74, 6) is -0.103. The van der Waals surface area contributed by atoms with Crippen molar-refractivity contribution in [3.8, 4) is 0 Å². The molecule has 0 radical (unpaired) electrons. The van der Waals surface area contributed by atoms with Crippen molar-refractivity contribution in [1.82, 2.24) is 14.3 Å². The second-order valence-electron chi connectivity index (χ2n) is 4.27. The minimum atomic E-state index is -0.103. The number of fused-ring (bicyclic) bond motifs is 1. The van der Waals surface area contributed by atoms with Gasteiger partial charge in [-0.15, -0.1) is 11.3 Å². The Morgan fingerprint density at radius 1 is 1.42 bits per heavy atom. The SMILES string of the molecule is Cc1cn2c(CC(=O)N(CCO)CCO)csc2n1. The molecular formula is C12H17N3O3S. The molecule has 2 heterocycles. The summed E-state index contributed by atoms with van der Waals surface area (Å²) in [5, 5.41) is 19.8. The van der Waals surface area contributed by atoms with Crippen LogP contribution in [-0.2, 0) is 11.2 Å². The molecule has 104 valence electrons. The van der Waals surface area contributed by atoms with Gasteiger partial charge in [-0.1, -0.05) is 0 Å². The number of nitrogens with zero attached hydrogens (tertiary/aromatic N) is 3. The standard InChI is InChI=1S/C12H17N3O3S/c1-9-7-15-10(8-19-12(15)13-9)6-11(18)14(2-4-16)3-5-17/h7-8,16-17H,2-6H2,1H3. The highest BCUT2D eigenvalue weighted by molar-refractivity contribution is 7.15. The summed E-state index contributed by atoms with van der Waals surface area (Å²) in [6.45, 7) is 2.20. The third-order valence-corrected chi connectivity index (χ3v) is 3.72. The van der Waals surface area contributed by atoms with Gasteiger partial charge in [0, 0.05) is 30.4 Å². The van der Waals surface area contributed by atoms with Crippen molar-refractivity contribution < 1.29 is 15.0 Å². The maximum Gasteiger partial charge on any atom is 0.228 e. The van der Waals surface area contributed by atoms with Crippen LogP contribution in [0.25, 0.3) is 4.96 Å². The number of carbonyl (C=O) groups is 1. The third kappa shape index (κ3) is 3.12. The van der Waals surface area contributed by atoms with Gasteiger partial charge in [-0.05, 0) is 6.92 Å². The molecule has 0 spiro atoms. The van der Waals surface area contributed by atoms with E-state index in [4.69, 9.17) is 10.2 Å². The molecule has 0 fully saturated rings. The summed E-state index contributed by atoms with van der Waals surface area (Å²) in [5.41, 5.74) is 1.80. The molecule has 0 saturated heterocycles. The van der Waals surface area contributed by atoms with E-state index in [0.29, 0.717) is 0 Å². The molecule has 0 aliphatic rings. The molecule has 7 heteroatoms.